The van der Waals surface area contributed by atoms with Crippen LogP contribution in [0.5, 0.6) is 0 Å². The lowest BCUT2D eigenvalue weighted by atomic mass is 9.99. The molecule has 0 saturated carbocycles. The summed E-state index contributed by atoms with van der Waals surface area (Å²) in [6, 6.07) is 12.1. The van der Waals surface area contributed by atoms with Crippen LogP contribution in [-0.2, 0) is 24.2 Å². The van der Waals surface area contributed by atoms with Crippen LogP contribution in [0.3, 0.4) is 0 Å². The van der Waals surface area contributed by atoms with Crippen LogP contribution < -0.4 is 0 Å². The monoisotopic (exact) mass is 438 g/mol. The maximum atomic E-state index is 13.6. The lowest BCUT2D eigenvalue weighted by Crippen LogP contribution is -2.40. The number of methoxy groups -OCH3 is 1. The molecule has 3 aromatic rings. The van der Waals surface area contributed by atoms with Crippen molar-refractivity contribution in [2.75, 3.05) is 26.7 Å². The van der Waals surface area contributed by atoms with Crippen molar-refractivity contribution in [2.24, 2.45) is 0 Å². The van der Waals surface area contributed by atoms with Crippen LogP contribution >= 0.6 is 11.6 Å². The molecule has 2 aliphatic rings. The zero-order chi connectivity index (χ0) is 21.4. The fraction of sp³-hybridized carbons (Fsp3) is 0.417. The molecule has 0 radical (unpaired) electrons. The summed E-state index contributed by atoms with van der Waals surface area (Å²) in [5, 5.41) is 0.630. The van der Waals surface area contributed by atoms with E-state index in [0.717, 1.165) is 43.7 Å². The number of halogens is 1. The zero-order valence-corrected chi connectivity index (χ0v) is 18.5. The van der Waals surface area contributed by atoms with Crippen molar-refractivity contribution in [2.45, 2.75) is 38.5 Å². The van der Waals surface area contributed by atoms with Crippen molar-refractivity contribution < 1.29 is 9.53 Å². The molecule has 1 fully saturated rings. The van der Waals surface area contributed by atoms with Gasteiger partial charge in [-0.25, -0.2) is 4.98 Å². The van der Waals surface area contributed by atoms with Gasteiger partial charge >= 0.3 is 0 Å². The summed E-state index contributed by atoms with van der Waals surface area (Å²) in [7, 11) is 1.77. The highest BCUT2D eigenvalue weighted by atomic mass is 35.5. The Morgan fingerprint density at radius 2 is 2.03 bits per heavy atom. The van der Waals surface area contributed by atoms with Gasteiger partial charge in [0.05, 0.1) is 16.8 Å². The third-order valence-electron chi connectivity index (χ3n) is 6.47. The normalized spacial score (nSPS) is 19.5. The number of carbonyl (C=O) groups is 1. The number of benzene rings is 1. The lowest BCUT2D eigenvalue weighted by Gasteiger charge is -2.32. The van der Waals surface area contributed by atoms with Crippen LogP contribution in [0.25, 0.3) is 5.65 Å². The standard InChI is InChI=1S/C24H27ClN4O2/c1-31-20-7-4-11-27(15-20)16-21-23(26-22-9-8-19(25)14-29(21)22)24(30)28-12-10-17-5-2-3-6-18(17)13-28/h2-3,5-6,8-9,14,20H,4,7,10-13,15-16H2,1H3. The van der Waals surface area contributed by atoms with E-state index in [2.05, 4.69) is 23.1 Å². The average molecular weight is 439 g/mol. The second-order valence-corrected chi connectivity index (χ2v) is 8.90. The third-order valence-corrected chi connectivity index (χ3v) is 6.69. The molecular formula is C24H27ClN4O2. The van der Waals surface area contributed by atoms with Gasteiger partial charge in [0.2, 0.25) is 0 Å². The predicted octanol–water partition coefficient (Wildman–Crippen LogP) is 3.80. The molecule has 4 heterocycles. The number of aromatic nitrogens is 2. The van der Waals surface area contributed by atoms with Gasteiger partial charge in [0.25, 0.3) is 5.91 Å². The van der Waals surface area contributed by atoms with E-state index in [0.29, 0.717) is 30.4 Å². The number of ether oxygens (including phenoxy) is 1. The molecule has 7 heteroatoms. The van der Waals surface area contributed by atoms with Crippen LogP contribution in [0, 0.1) is 0 Å². The number of hydrogen-bond acceptors (Lipinski definition) is 4. The van der Waals surface area contributed by atoms with Crippen LogP contribution in [0.15, 0.2) is 42.6 Å². The fourth-order valence-electron chi connectivity index (χ4n) is 4.77. The van der Waals surface area contributed by atoms with Gasteiger partial charge in [-0.2, -0.15) is 0 Å². The number of imidazole rings is 1. The summed E-state index contributed by atoms with van der Waals surface area (Å²) in [4.78, 5) is 22.6. The van der Waals surface area contributed by atoms with Crippen molar-refractivity contribution in [3.05, 3.63) is 70.1 Å². The van der Waals surface area contributed by atoms with Crippen molar-refractivity contribution in [1.29, 1.82) is 0 Å². The van der Waals surface area contributed by atoms with Gasteiger partial charge in [-0.05, 0) is 49.1 Å². The van der Waals surface area contributed by atoms with Crippen LogP contribution in [-0.4, -0.2) is 57.9 Å². The average Bonchev–Trinajstić information content (AvgIpc) is 3.15. The molecule has 0 bridgehead atoms. The first-order valence-electron chi connectivity index (χ1n) is 10.9. The number of rotatable bonds is 4. The van der Waals surface area contributed by atoms with E-state index in [1.807, 2.05) is 33.7 Å². The van der Waals surface area contributed by atoms with Crippen molar-refractivity contribution in [3.63, 3.8) is 0 Å². The van der Waals surface area contributed by atoms with E-state index in [-0.39, 0.29) is 12.0 Å². The minimum absolute atomic E-state index is 0.00961. The first-order chi connectivity index (χ1) is 15.1. The van der Waals surface area contributed by atoms with E-state index >= 15 is 0 Å². The fourth-order valence-corrected chi connectivity index (χ4v) is 4.93. The van der Waals surface area contributed by atoms with Gasteiger partial charge in [0.1, 0.15) is 5.65 Å². The van der Waals surface area contributed by atoms with E-state index in [4.69, 9.17) is 21.3 Å². The van der Waals surface area contributed by atoms with Crippen LogP contribution in [0.2, 0.25) is 5.02 Å². The van der Waals surface area contributed by atoms with E-state index in [1.54, 1.807) is 7.11 Å². The smallest absolute Gasteiger partial charge is 0.274 e. The first-order valence-corrected chi connectivity index (χ1v) is 11.3. The van der Waals surface area contributed by atoms with Crippen LogP contribution in [0.4, 0.5) is 0 Å². The first kappa shape index (κ1) is 20.5. The molecule has 1 aromatic carbocycles. The number of fused-ring (bicyclic) bond motifs is 2. The molecule has 1 atom stereocenters. The Balaban J connectivity index is 1.48. The Labute approximate surface area is 187 Å². The second kappa shape index (κ2) is 8.61. The molecule has 2 aliphatic heterocycles. The number of carbonyl (C=O) groups excluding carboxylic acids is 1. The highest BCUT2D eigenvalue weighted by molar-refractivity contribution is 6.30. The number of piperidine rings is 1. The summed E-state index contributed by atoms with van der Waals surface area (Å²) in [6.45, 7) is 3.82. The summed E-state index contributed by atoms with van der Waals surface area (Å²) in [6.07, 6.45) is 5.12. The maximum absolute atomic E-state index is 13.6. The van der Waals surface area contributed by atoms with Crippen molar-refractivity contribution in [1.82, 2.24) is 19.2 Å². The van der Waals surface area contributed by atoms with Crippen molar-refractivity contribution in [3.8, 4) is 0 Å². The Kier molecular flexibility index (Phi) is 5.69. The molecule has 1 unspecified atom stereocenters. The molecule has 0 spiro atoms. The Morgan fingerprint density at radius 3 is 2.87 bits per heavy atom. The SMILES string of the molecule is COC1CCCN(Cc2c(C(=O)N3CCc4ccccc4C3)nc3ccc(Cl)cn23)C1. The van der Waals surface area contributed by atoms with Gasteiger partial charge in [0.15, 0.2) is 5.69 Å². The van der Waals surface area contributed by atoms with E-state index in [9.17, 15) is 4.79 Å². The van der Waals surface area contributed by atoms with Gasteiger partial charge in [-0.15, -0.1) is 0 Å². The Hall–Kier alpha value is -2.41. The van der Waals surface area contributed by atoms with Crippen molar-refractivity contribution >= 4 is 23.2 Å². The topological polar surface area (TPSA) is 50.1 Å². The number of likely N-dealkylation sites (tertiary alicyclic amines) is 1. The molecule has 1 saturated heterocycles. The summed E-state index contributed by atoms with van der Waals surface area (Å²) in [5.41, 5.74) is 4.72. The molecule has 5 rings (SSSR count). The minimum atomic E-state index is -0.00961. The van der Waals surface area contributed by atoms with E-state index < -0.39 is 0 Å². The van der Waals surface area contributed by atoms with Gasteiger partial charge in [-0.1, -0.05) is 35.9 Å². The van der Waals surface area contributed by atoms with E-state index in [1.165, 1.54) is 11.1 Å². The highest BCUT2D eigenvalue weighted by Gasteiger charge is 2.29. The van der Waals surface area contributed by atoms with Crippen LogP contribution in [0.1, 0.15) is 40.2 Å². The predicted molar refractivity (Wildman–Crippen MR) is 120 cm³/mol. The number of nitrogens with zero attached hydrogens (tertiary/aromatic N) is 4. The maximum Gasteiger partial charge on any atom is 0.274 e. The molecule has 0 N–H and O–H groups in total. The third kappa shape index (κ3) is 4.07. The molecule has 162 valence electrons. The summed E-state index contributed by atoms with van der Waals surface area (Å²) in [5.74, 6) is -0.00961. The quantitative estimate of drug-likeness (QED) is 0.621. The zero-order valence-electron chi connectivity index (χ0n) is 17.8. The second-order valence-electron chi connectivity index (χ2n) is 8.46. The lowest BCUT2D eigenvalue weighted by molar-refractivity contribution is 0.0279. The molecule has 2 aromatic heterocycles. The van der Waals surface area contributed by atoms with Gasteiger partial charge < -0.3 is 14.0 Å². The minimum Gasteiger partial charge on any atom is -0.380 e. The summed E-state index contributed by atoms with van der Waals surface area (Å²) < 4.78 is 7.57. The van der Waals surface area contributed by atoms with Gasteiger partial charge in [-0.3, -0.25) is 9.69 Å². The Morgan fingerprint density at radius 1 is 1.19 bits per heavy atom. The number of hydrogen-bond donors (Lipinski definition) is 0. The Bertz CT molecular complexity index is 1110. The number of pyridine rings is 1. The largest absolute Gasteiger partial charge is 0.380 e. The molecule has 0 aliphatic carbocycles. The number of amides is 1. The summed E-state index contributed by atoms with van der Waals surface area (Å²) >= 11 is 6.30. The van der Waals surface area contributed by atoms with Gasteiger partial charge in [0, 0.05) is 39.5 Å². The molecule has 6 nitrogen and oxygen atoms in total. The highest BCUT2D eigenvalue weighted by Crippen LogP contribution is 2.25. The molecule has 1 amide bonds. The molecule has 31 heavy (non-hydrogen) atoms. The molecular weight excluding hydrogens is 412 g/mol.